The maximum atomic E-state index is 13.6. The summed E-state index contributed by atoms with van der Waals surface area (Å²) in [5, 5.41) is 13.9. The summed E-state index contributed by atoms with van der Waals surface area (Å²) in [7, 11) is 1.49. The lowest BCUT2D eigenvalue weighted by Crippen LogP contribution is -2.58. The molecular formula is C28H41F2N5O3. The van der Waals surface area contributed by atoms with Crippen molar-refractivity contribution in [1.29, 1.82) is 5.26 Å². The quantitative estimate of drug-likeness (QED) is 0.247. The summed E-state index contributed by atoms with van der Waals surface area (Å²) in [5.41, 5.74) is -0.634. The molecule has 2 N–H and O–H groups in total. The third-order valence-electron chi connectivity index (χ3n) is 5.64. The van der Waals surface area contributed by atoms with Crippen LogP contribution in [0.25, 0.3) is 0 Å². The molecule has 8 nitrogen and oxygen atoms in total. The lowest BCUT2D eigenvalue weighted by Gasteiger charge is -2.36. The van der Waals surface area contributed by atoms with E-state index in [0.29, 0.717) is 35.5 Å². The molecule has 10 heteroatoms. The zero-order valence-electron chi connectivity index (χ0n) is 23.5. The summed E-state index contributed by atoms with van der Waals surface area (Å²) in [4.78, 5) is 29.2. The Morgan fingerprint density at radius 3 is 2.37 bits per heavy atom. The van der Waals surface area contributed by atoms with Gasteiger partial charge in [-0.05, 0) is 59.6 Å². The van der Waals surface area contributed by atoms with E-state index >= 15 is 0 Å². The van der Waals surface area contributed by atoms with E-state index in [9.17, 15) is 18.4 Å². The molecule has 210 valence electrons. The molecule has 2 aliphatic rings. The normalized spacial score (nSPS) is 17.1. The van der Waals surface area contributed by atoms with Gasteiger partial charge in [-0.25, -0.2) is 13.8 Å². The van der Waals surface area contributed by atoms with Gasteiger partial charge in [-0.15, -0.1) is 12.8 Å². The van der Waals surface area contributed by atoms with Gasteiger partial charge in [-0.3, -0.25) is 9.59 Å². The van der Waals surface area contributed by atoms with Gasteiger partial charge in [0.25, 0.3) is 5.92 Å². The van der Waals surface area contributed by atoms with E-state index in [4.69, 9.17) is 10.00 Å². The van der Waals surface area contributed by atoms with Crippen molar-refractivity contribution in [3.05, 3.63) is 36.1 Å². The Morgan fingerprint density at radius 2 is 1.92 bits per heavy atom. The van der Waals surface area contributed by atoms with Crippen LogP contribution >= 0.6 is 0 Å². The SMILES string of the molecule is C#C.C=C(C#N)/C=C\CC1=CC(OC)N(CC(=O)NC(C)(C)C(C)(F)F)C(C)=N1.CC(C)NC(=O)C1CC1. The number of methoxy groups -OCH3 is 1. The molecular weight excluding hydrogens is 492 g/mol. The second kappa shape index (κ2) is 15.7. The maximum absolute atomic E-state index is 13.6. The summed E-state index contributed by atoms with van der Waals surface area (Å²) in [5.74, 6) is -2.50. The molecule has 0 bridgehead atoms. The number of amidine groups is 1. The van der Waals surface area contributed by atoms with Gasteiger partial charge >= 0.3 is 0 Å². The van der Waals surface area contributed by atoms with Crippen LogP contribution in [0.15, 0.2) is 41.1 Å². The third kappa shape index (κ3) is 12.2. The van der Waals surface area contributed by atoms with Crippen molar-refractivity contribution >= 4 is 17.6 Å². The number of hydrogen-bond acceptors (Lipinski definition) is 6. The van der Waals surface area contributed by atoms with Crippen molar-refractivity contribution < 1.29 is 23.1 Å². The van der Waals surface area contributed by atoms with Crippen molar-refractivity contribution in [3.63, 3.8) is 0 Å². The second-order valence-corrected chi connectivity index (χ2v) is 9.81. The fourth-order valence-electron chi connectivity index (χ4n) is 3.02. The Morgan fingerprint density at radius 1 is 1.34 bits per heavy atom. The summed E-state index contributed by atoms with van der Waals surface area (Å²) in [6.45, 7) is 12.4. The van der Waals surface area contributed by atoms with E-state index in [-0.39, 0.29) is 12.5 Å². The number of nitrogens with one attached hydrogen (secondary N) is 2. The van der Waals surface area contributed by atoms with Crippen LogP contribution in [0.1, 0.15) is 60.8 Å². The number of hydrogen-bond donors (Lipinski definition) is 2. The van der Waals surface area contributed by atoms with Gasteiger partial charge in [-0.2, -0.15) is 5.26 Å². The van der Waals surface area contributed by atoms with Crippen LogP contribution in [0.5, 0.6) is 0 Å². The molecule has 0 aromatic rings. The molecule has 0 aromatic heterocycles. The first kappa shape index (κ1) is 34.5. The van der Waals surface area contributed by atoms with Crippen molar-refractivity contribution in [2.24, 2.45) is 10.9 Å². The first-order valence-electron chi connectivity index (χ1n) is 12.2. The number of halogens is 2. The van der Waals surface area contributed by atoms with Gasteiger partial charge in [0, 0.05) is 43.7 Å². The summed E-state index contributed by atoms with van der Waals surface area (Å²) < 4.78 is 32.6. The zero-order valence-corrected chi connectivity index (χ0v) is 23.5. The molecule has 1 aliphatic carbocycles. The van der Waals surface area contributed by atoms with Crippen LogP contribution in [-0.2, 0) is 14.3 Å². The first-order chi connectivity index (χ1) is 17.6. The molecule has 2 rings (SSSR count). The van der Waals surface area contributed by atoms with Gasteiger partial charge in [0.15, 0.2) is 6.23 Å². The van der Waals surface area contributed by atoms with Crippen LogP contribution in [0.3, 0.4) is 0 Å². The van der Waals surface area contributed by atoms with Crippen LogP contribution in [0, 0.1) is 30.1 Å². The molecule has 1 saturated carbocycles. The van der Waals surface area contributed by atoms with Crippen LogP contribution in [-0.4, -0.2) is 59.9 Å². The predicted octanol–water partition coefficient (Wildman–Crippen LogP) is 4.32. The van der Waals surface area contributed by atoms with Crippen molar-refractivity contribution in [1.82, 2.24) is 15.5 Å². The number of carbonyl (C=O) groups excluding carboxylic acids is 2. The Balaban J connectivity index is 0.00000103. The zero-order chi connectivity index (χ0) is 29.7. The second-order valence-electron chi connectivity index (χ2n) is 9.81. The molecule has 38 heavy (non-hydrogen) atoms. The standard InChI is InChI=1S/C19H26F2N4O2.C7H13NO.C2H2/c1-13(11-22)8-7-9-15-10-17(27-6)25(14(2)23-15)12-16(26)24-18(3,4)19(5,20)21;1-5(2)8-7(9)6-3-4-6;1-2/h7-8,10,17H,1,9,12H2,2-6H3,(H,24,26);5-6H,3-4H2,1-2H3,(H,8,9);1-2H/b8-7-;;. The molecule has 0 spiro atoms. The molecule has 1 aliphatic heterocycles. The fraction of sp³-hybridized carbons (Fsp3) is 0.571. The fourth-order valence-corrected chi connectivity index (χ4v) is 3.02. The monoisotopic (exact) mass is 533 g/mol. The number of nitriles is 1. The average molecular weight is 534 g/mol. The molecule has 0 saturated heterocycles. The van der Waals surface area contributed by atoms with E-state index in [1.807, 2.05) is 19.9 Å². The van der Waals surface area contributed by atoms with Crippen molar-refractivity contribution in [3.8, 4) is 18.9 Å². The highest BCUT2D eigenvalue weighted by atomic mass is 19.3. The number of allylic oxidation sites excluding steroid dienone is 3. The lowest BCUT2D eigenvalue weighted by molar-refractivity contribution is -0.131. The predicted molar refractivity (Wildman–Crippen MR) is 146 cm³/mol. The number of rotatable bonds is 10. The van der Waals surface area contributed by atoms with Crippen LogP contribution in [0.2, 0.25) is 0 Å². The van der Waals surface area contributed by atoms with Gasteiger partial charge in [-0.1, -0.05) is 12.7 Å². The highest BCUT2D eigenvalue weighted by Crippen LogP contribution is 2.29. The average Bonchev–Trinajstić information content (AvgIpc) is 3.66. The minimum absolute atomic E-state index is 0.168. The van der Waals surface area contributed by atoms with E-state index in [2.05, 4.69) is 35.1 Å². The van der Waals surface area contributed by atoms with E-state index in [1.54, 1.807) is 30.1 Å². The van der Waals surface area contributed by atoms with E-state index < -0.39 is 23.6 Å². The molecule has 1 unspecified atom stereocenters. The van der Waals surface area contributed by atoms with Crippen LogP contribution < -0.4 is 10.6 Å². The molecule has 1 atom stereocenters. The number of alkyl halides is 2. The summed E-state index contributed by atoms with van der Waals surface area (Å²) in [6.07, 6.45) is 15.2. The minimum Gasteiger partial charge on any atom is -0.358 e. The smallest absolute Gasteiger partial charge is 0.267 e. The van der Waals surface area contributed by atoms with Crippen molar-refractivity contribution in [2.75, 3.05) is 13.7 Å². The largest absolute Gasteiger partial charge is 0.358 e. The molecule has 2 amide bonds. The number of aliphatic imine (C=N–C) groups is 1. The Labute approximate surface area is 225 Å². The summed E-state index contributed by atoms with van der Waals surface area (Å²) >= 11 is 0. The Hall–Kier alpha value is -3.50. The highest BCUT2D eigenvalue weighted by molar-refractivity contribution is 5.88. The third-order valence-corrected chi connectivity index (χ3v) is 5.64. The Bertz CT molecular complexity index is 981. The molecule has 1 fully saturated rings. The van der Waals surface area contributed by atoms with Crippen LogP contribution in [0.4, 0.5) is 8.78 Å². The first-order valence-corrected chi connectivity index (χ1v) is 12.2. The minimum atomic E-state index is -3.07. The number of carbonyl (C=O) groups is 2. The van der Waals surface area contributed by atoms with Gasteiger partial charge in [0.2, 0.25) is 11.8 Å². The van der Waals surface area contributed by atoms with Gasteiger partial charge in [0.05, 0.1) is 11.6 Å². The lowest BCUT2D eigenvalue weighted by atomic mass is 9.97. The highest BCUT2D eigenvalue weighted by Gasteiger charge is 2.43. The van der Waals surface area contributed by atoms with E-state index in [0.717, 1.165) is 19.8 Å². The van der Waals surface area contributed by atoms with Gasteiger partial charge < -0.3 is 20.3 Å². The molecule has 0 radical (unpaired) electrons. The van der Waals surface area contributed by atoms with Crippen molar-refractivity contribution in [2.45, 2.75) is 84.5 Å². The number of terminal acetylenes is 1. The van der Waals surface area contributed by atoms with E-state index in [1.165, 1.54) is 21.0 Å². The Kier molecular flexibility index (Phi) is 14.2. The number of nitrogens with zero attached hydrogens (tertiary/aromatic N) is 3. The topological polar surface area (TPSA) is 107 Å². The summed E-state index contributed by atoms with van der Waals surface area (Å²) in [6, 6.07) is 2.23. The molecule has 0 aromatic carbocycles. The van der Waals surface area contributed by atoms with Gasteiger partial charge in [0.1, 0.15) is 12.4 Å². The maximum Gasteiger partial charge on any atom is 0.267 e. The number of amides is 2. The molecule has 1 heterocycles. The number of ether oxygens (including phenoxy) is 1.